The highest BCUT2D eigenvalue weighted by Gasteiger charge is 2.34. The van der Waals surface area contributed by atoms with Crippen molar-refractivity contribution < 1.29 is 22.4 Å². The van der Waals surface area contributed by atoms with Gasteiger partial charge in [0.1, 0.15) is 0 Å². The van der Waals surface area contributed by atoms with Crippen LogP contribution < -0.4 is 5.76 Å². The van der Waals surface area contributed by atoms with Crippen LogP contribution in [0, 0.1) is 5.92 Å². The van der Waals surface area contributed by atoms with E-state index < -0.39 is 21.7 Å². The average Bonchev–Trinajstić information content (AvgIpc) is 2.94. The third kappa shape index (κ3) is 3.09. The van der Waals surface area contributed by atoms with Crippen molar-refractivity contribution in [2.45, 2.75) is 24.7 Å². The molecular formula is C15H18N2O6S. The number of piperidine rings is 1. The van der Waals surface area contributed by atoms with E-state index in [1.807, 2.05) is 0 Å². The molecule has 0 radical (unpaired) electrons. The molecule has 1 aliphatic rings. The van der Waals surface area contributed by atoms with Gasteiger partial charge in [0.2, 0.25) is 10.0 Å². The Kier molecular flexibility index (Phi) is 4.46. The molecule has 130 valence electrons. The molecule has 0 aliphatic carbocycles. The molecule has 24 heavy (non-hydrogen) atoms. The molecule has 1 saturated heterocycles. The minimum absolute atomic E-state index is 0.0299. The third-order valence-corrected chi connectivity index (χ3v) is 5.90. The van der Waals surface area contributed by atoms with E-state index in [0.717, 1.165) is 0 Å². The fourth-order valence-electron chi connectivity index (χ4n) is 2.85. The Hall–Kier alpha value is -2.13. The normalized spacial score (nSPS) is 19.5. The highest BCUT2D eigenvalue weighted by atomic mass is 32.2. The maximum Gasteiger partial charge on any atom is 0.417 e. The first kappa shape index (κ1) is 16.7. The van der Waals surface area contributed by atoms with Crippen LogP contribution in [0.1, 0.15) is 19.8 Å². The molecule has 1 aromatic heterocycles. The molecule has 8 nitrogen and oxygen atoms in total. The number of aromatic nitrogens is 1. The monoisotopic (exact) mass is 354 g/mol. The molecule has 0 bridgehead atoms. The van der Waals surface area contributed by atoms with Crippen LogP contribution in [0.3, 0.4) is 0 Å². The minimum Gasteiger partial charge on any atom is -0.466 e. The van der Waals surface area contributed by atoms with Crippen molar-refractivity contribution in [1.29, 1.82) is 0 Å². The predicted molar refractivity (Wildman–Crippen MR) is 85.0 cm³/mol. The van der Waals surface area contributed by atoms with Gasteiger partial charge in [-0.3, -0.25) is 9.78 Å². The molecule has 9 heteroatoms. The largest absolute Gasteiger partial charge is 0.466 e. The summed E-state index contributed by atoms with van der Waals surface area (Å²) in [5.74, 6) is -1.47. The van der Waals surface area contributed by atoms with Gasteiger partial charge in [0.25, 0.3) is 0 Å². The second kappa shape index (κ2) is 6.40. The van der Waals surface area contributed by atoms with Crippen molar-refractivity contribution in [1.82, 2.24) is 9.29 Å². The summed E-state index contributed by atoms with van der Waals surface area (Å²) in [5, 5.41) is 0. The van der Waals surface area contributed by atoms with Crippen LogP contribution in [0.5, 0.6) is 0 Å². The number of H-pyrrole nitrogens is 1. The van der Waals surface area contributed by atoms with Gasteiger partial charge in [0.15, 0.2) is 5.58 Å². The molecular weight excluding hydrogens is 336 g/mol. The number of rotatable bonds is 4. The zero-order valence-corrected chi connectivity index (χ0v) is 14.0. The number of fused-ring (bicyclic) bond motifs is 1. The van der Waals surface area contributed by atoms with Gasteiger partial charge in [-0.2, -0.15) is 4.31 Å². The summed E-state index contributed by atoms with van der Waals surface area (Å²) in [5.41, 5.74) is 0.613. The van der Waals surface area contributed by atoms with Crippen molar-refractivity contribution in [3.05, 3.63) is 28.7 Å². The Labute approximate surface area is 138 Å². The van der Waals surface area contributed by atoms with Gasteiger partial charge >= 0.3 is 11.7 Å². The summed E-state index contributed by atoms with van der Waals surface area (Å²) in [6.45, 7) is 2.42. The fourth-order valence-corrected chi connectivity index (χ4v) is 4.39. The Morgan fingerprint density at radius 3 is 3.00 bits per heavy atom. The lowest BCUT2D eigenvalue weighted by Gasteiger charge is -2.30. The molecule has 1 N–H and O–H groups in total. The summed E-state index contributed by atoms with van der Waals surface area (Å²) in [6.07, 6.45) is 1.20. The summed E-state index contributed by atoms with van der Waals surface area (Å²) in [4.78, 5) is 25.6. The minimum atomic E-state index is -3.78. The van der Waals surface area contributed by atoms with Crippen molar-refractivity contribution >= 4 is 27.1 Å². The number of sulfonamides is 1. The molecule has 1 aromatic carbocycles. The van der Waals surface area contributed by atoms with E-state index in [9.17, 15) is 18.0 Å². The zero-order valence-electron chi connectivity index (χ0n) is 13.1. The molecule has 0 amide bonds. The van der Waals surface area contributed by atoms with Crippen LogP contribution in [0.2, 0.25) is 0 Å². The molecule has 0 spiro atoms. The van der Waals surface area contributed by atoms with E-state index in [1.165, 1.54) is 22.5 Å². The van der Waals surface area contributed by atoms with Crippen molar-refractivity contribution in [2.75, 3.05) is 19.7 Å². The van der Waals surface area contributed by atoms with Crippen LogP contribution in [-0.2, 0) is 19.6 Å². The van der Waals surface area contributed by atoms with E-state index in [0.29, 0.717) is 24.9 Å². The molecule has 2 heterocycles. The van der Waals surface area contributed by atoms with Gasteiger partial charge in [-0.15, -0.1) is 0 Å². The summed E-state index contributed by atoms with van der Waals surface area (Å²) in [6, 6.07) is 4.22. The Morgan fingerprint density at radius 2 is 2.25 bits per heavy atom. The topological polar surface area (TPSA) is 110 Å². The van der Waals surface area contributed by atoms with Crippen molar-refractivity contribution in [3.8, 4) is 0 Å². The number of aromatic amines is 1. The first-order valence-electron chi connectivity index (χ1n) is 7.71. The van der Waals surface area contributed by atoms with Gasteiger partial charge in [-0.1, -0.05) is 0 Å². The number of esters is 1. The Balaban J connectivity index is 1.87. The lowest BCUT2D eigenvalue weighted by Crippen LogP contribution is -2.42. The zero-order chi connectivity index (χ0) is 17.3. The van der Waals surface area contributed by atoms with Crippen LogP contribution in [-0.4, -0.2) is 43.4 Å². The maximum atomic E-state index is 12.8. The quantitative estimate of drug-likeness (QED) is 0.823. The Bertz CT molecular complexity index is 913. The van der Waals surface area contributed by atoms with Crippen molar-refractivity contribution in [3.63, 3.8) is 0 Å². The van der Waals surface area contributed by atoms with Gasteiger partial charge in [0, 0.05) is 19.2 Å². The van der Waals surface area contributed by atoms with Crippen molar-refractivity contribution in [2.24, 2.45) is 5.92 Å². The van der Waals surface area contributed by atoms with E-state index in [2.05, 4.69) is 4.98 Å². The second-order valence-electron chi connectivity index (χ2n) is 5.63. The summed E-state index contributed by atoms with van der Waals surface area (Å²) < 4.78 is 36.8. The average molecular weight is 354 g/mol. The molecule has 3 rings (SSSR count). The standard InChI is InChI=1S/C15H18N2O6S/c1-2-22-14(18)10-4-3-7-17(9-10)24(20,21)11-5-6-12-13(8-11)23-15(19)16-12/h5-6,8,10H,2-4,7,9H2,1H3,(H,16,19)/t10-/m0/s1. The molecule has 2 aromatic rings. The molecule has 0 saturated carbocycles. The number of nitrogens with zero attached hydrogens (tertiary/aromatic N) is 1. The number of carbonyl (C=O) groups is 1. The SMILES string of the molecule is CCOC(=O)[C@H]1CCCN(S(=O)(=O)c2ccc3[nH]c(=O)oc3c2)C1. The Morgan fingerprint density at radius 1 is 1.46 bits per heavy atom. The van der Waals surface area contributed by atoms with E-state index in [1.54, 1.807) is 6.92 Å². The van der Waals surface area contributed by atoms with Crippen LogP contribution >= 0.6 is 0 Å². The smallest absolute Gasteiger partial charge is 0.417 e. The lowest BCUT2D eigenvalue weighted by molar-refractivity contribution is -0.149. The number of hydrogen-bond donors (Lipinski definition) is 1. The van der Waals surface area contributed by atoms with E-state index in [-0.39, 0.29) is 29.6 Å². The predicted octanol–water partition coefficient (Wildman–Crippen LogP) is 1.08. The number of benzene rings is 1. The molecule has 1 fully saturated rings. The van der Waals surface area contributed by atoms with Crippen LogP contribution in [0.4, 0.5) is 0 Å². The lowest BCUT2D eigenvalue weighted by atomic mass is 10.0. The number of oxazole rings is 1. The van der Waals surface area contributed by atoms with Gasteiger partial charge in [-0.25, -0.2) is 13.2 Å². The van der Waals surface area contributed by atoms with E-state index >= 15 is 0 Å². The summed E-state index contributed by atoms with van der Waals surface area (Å²) in [7, 11) is -3.78. The first-order chi connectivity index (χ1) is 11.4. The second-order valence-corrected chi connectivity index (χ2v) is 7.56. The van der Waals surface area contributed by atoms with Crippen LogP contribution in [0.25, 0.3) is 11.1 Å². The first-order valence-corrected chi connectivity index (χ1v) is 9.15. The highest BCUT2D eigenvalue weighted by Crippen LogP contribution is 2.26. The number of hydrogen-bond acceptors (Lipinski definition) is 6. The van der Waals surface area contributed by atoms with Gasteiger partial charge < -0.3 is 9.15 Å². The van der Waals surface area contributed by atoms with E-state index in [4.69, 9.17) is 9.15 Å². The molecule has 1 atom stereocenters. The third-order valence-electron chi connectivity index (χ3n) is 4.03. The van der Waals surface area contributed by atoms with Crippen LogP contribution in [0.15, 0.2) is 32.3 Å². The maximum absolute atomic E-state index is 12.8. The van der Waals surface area contributed by atoms with Gasteiger partial charge in [-0.05, 0) is 31.9 Å². The summed E-state index contributed by atoms with van der Waals surface area (Å²) >= 11 is 0. The highest BCUT2D eigenvalue weighted by molar-refractivity contribution is 7.89. The fraction of sp³-hybridized carbons (Fsp3) is 0.467. The number of carbonyl (C=O) groups excluding carboxylic acids is 1. The number of ether oxygens (including phenoxy) is 1. The molecule has 0 unspecified atom stereocenters. The number of nitrogens with one attached hydrogen (secondary N) is 1. The van der Waals surface area contributed by atoms with Gasteiger partial charge in [0.05, 0.1) is 22.9 Å². The molecule has 1 aliphatic heterocycles.